The van der Waals surface area contributed by atoms with Crippen molar-refractivity contribution in [3.63, 3.8) is 0 Å². The van der Waals surface area contributed by atoms with E-state index >= 15 is 0 Å². The number of rotatable bonds is 1. The number of H-pyrrole nitrogens is 1. The van der Waals surface area contributed by atoms with Crippen LogP contribution in [0.3, 0.4) is 0 Å². The molecule has 0 aliphatic carbocycles. The van der Waals surface area contributed by atoms with Gasteiger partial charge in [-0.1, -0.05) is 22.2 Å². The first-order chi connectivity index (χ1) is 7.34. The van der Waals surface area contributed by atoms with E-state index in [4.69, 9.17) is 11.6 Å². The maximum Gasteiger partial charge on any atom is 0.151 e. The van der Waals surface area contributed by atoms with Crippen LogP contribution < -0.4 is 0 Å². The number of nitrogens with one attached hydrogen (secondary N) is 1. The zero-order chi connectivity index (χ0) is 10.3. The highest BCUT2D eigenvalue weighted by molar-refractivity contribution is 7.09. The lowest BCUT2D eigenvalue weighted by Crippen LogP contribution is -1.73. The summed E-state index contributed by atoms with van der Waals surface area (Å²) in [5.74, 6) is 0.758. The third-order valence-electron chi connectivity index (χ3n) is 2.06. The Morgan fingerprint density at radius 1 is 1.33 bits per heavy atom. The van der Waals surface area contributed by atoms with E-state index in [9.17, 15) is 0 Å². The minimum Gasteiger partial charge on any atom is -0.337 e. The molecule has 74 valence electrons. The van der Waals surface area contributed by atoms with Gasteiger partial charge in [0, 0.05) is 0 Å². The number of aromatic nitrogens is 4. The molecule has 0 saturated heterocycles. The molecule has 0 unspecified atom stereocenters. The molecule has 0 radical (unpaired) electrons. The topological polar surface area (TPSA) is 54.5 Å². The predicted octanol–water partition coefficient (Wildman–Crippen LogP) is 2.73. The van der Waals surface area contributed by atoms with E-state index in [1.807, 2.05) is 18.2 Å². The monoisotopic (exact) mass is 236 g/mol. The predicted molar refractivity (Wildman–Crippen MR) is 60.0 cm³/mol. The third kappa shape index (κ3) is 1.40. The zero-order valence-corrected chi connectivity index (χ0v) is 9.01. The van der Waals surface area contributed by atoms with Crippen molar-refractivity contribution < 1.29 is 0 Å². The van der Waals surface area contributed by atoms with Gasteiger partial charge in [-0.05, 0) is 23.7 Å². The lowest BCUT2D eigenvalue weighted by molar-refractivity contribution is 1.15. The molecular formula is C9H5ClN4S. The average molecular weight is 237 g/mol. The Bertz CT molecular complexity index is 602. The summed E-state index contributed by atoms with van der Waals surface area (Å²) in [5.41, 5.74) is 1.70. The van der Waals surface area contributed by atoms with Crippen molar-refractivity contribution in [3.05, 3.63) is 29.4 Å². The summed E-state index contributed by atoms with van der Waals surface area (Å²) in [6.45, 7) is 0. The summed E-state index contributed by atoms with van der Waals surface area (Å²) >= 11 is 7.32. The molecule has 0 spiro atoms. The number of aromatic amines is 1. The van der Waals surface area contributed by atoms with Gasteiger partial charge in [0.05, 0.1) is 16.7 Å². The highest BCUT2D eigenvalue weighted by Crippen LogP contribution is 2.26. The SMILES string of the molecule is Clc1cccc2[nH]c(-c3cnns3)nc12. The number of imidazole rings is 1. The van der Waals surface area contributed by atoms with Crippen LogP contribution in [-0.2, 0) is 0 Å². The lowest BCUT2D eigenvalue weighted by Gasteiger charge is -1.88. The molecule has 3 aromatic rings. The molecule has 2 heterocycles. The van der Waals surface area contributed by atoms with Crippen LogP contribution >= 0.6 is 23.1 Å². The van der Waals surface area contributed by atoms with Crippen LogP contribution in [0, 0.1) is 0 Å². The first-order valence-electron chi connectivity index (χ1n) is 4.26. The van der Waals surface area contributed by atoms with Gasteiger partial charge >= 0.3 is 0 Å². The highest BCUT2D eigenvalue weighted by atomic mass is 35.5. The van der Waals surface area contributed by atoms with E-state index < -0.39 is 0 Å². The van der Waals surface area contributed by atoms with E-state index in [2.05, 4.69) is 19.6 Å². The summed E-state index contributed by atoms with van der Waals surface area (Å²) in [6.07, 6.45) is 1.68. The van der Waals surface area contributed by atoms with Gasteiger partial charge in [0.1, 0.15) is 10.4 Å². The normalized spacial score (nSPS) is 11.0. The van der Waals surface area contributed by atoms with E-state index in [0.29, 0.717) is 5.02 Å². The van der Waals surface area contributed by atoms with Gasteiger partial charge in [-0.15, -0.1) is 5.10 Å². The lowest BCUT2D eigenvalue weighted by atomic mass is 10.3. The molecule has 1 aromatic carbocycles. The third-order valence-corrected chi connectivity index (χ3v) is 3.03. The van der Waals surface area contributed by atoms with Gasteiger partial charge in [-0.25, -0.2) is 4.98 Å². The number of halogens is 1. The second-order valence-corrected chi connectivity index (χ2v) is 4.20. The van der Waals surface area contributed by atoms with E-state index in [-0.39, 0.29) is 0 Å². The van der Waals surface area contributed by atoms with Gasteiger partial charge in [0.2, 0.25) is 0 Å². The van der Waals surface area contributed by atoms with Gasteiger partial charge < -0.3 is 4.98 Å². The first kappa shape index (κ1) is 8.82. The Hall–Kier alpha value is -1.46. The second-order valence-electron chi connectivity index (χ2n) is 3.00. The molecule has 0 fully saturated rings. The summed E-state index contributed by atoms with van der Waals surface area (Å²) in [7, 11) is 0. The van der Waals surface area contributed by atoms with Crippen LogP contribution in [0.4, 0.5) is 0 Å². The molecular weight excluding hydrogens is 232 g/mol. The van der Waals surface area contributed by atoms with Crippen molar-refractivity contribution in [2.75, 3.05) is 0 Å². The number of hydrogen-bond acceptors (Lipinski definition) is 4. The highest BCUT2D eigenvalue weighted by Gasteiger charge is 2.08. The van der Waals surface area contributed by atoms with E-state index in [1.165, 1.54) is 11.5 Å². The van der Waals surface area contributed by atoms with Gasteiger partial charge in [0.25, 0.3) is 0 Å². The molecule has 2 aromatic heterocycles. The van der Waals surface area contributed by atoms with E-state index in [0.717, 1.165) is 21.7 Å². The minimum atomic E-state index is 0.646. The molecule has 4 nitrogen and oxygen atoms in total. The smallest absolute Gasteiger partial charge is 0.151 e. The maximum atomic E-state index is 6.02. The van der Waals surface area contributed by atoms with Crippen LogP contribution in [0.1, 0.15) is 0 Å². The Kier molecular flexibility index (Phi) is 1.93. The largest absolute Gasteiger partial charge is 0.337 e. The molecule has 0 aliphatic rings. The van der Waals surface area contributed by atoms with Crippen LogP contribution in [0.2, 0.25) is 5.02 Å². The molecule has 0 bridgehead atoms. The number of nitrogens with zero attached hydrogens (tertiary/aromatic N) is 3. The fraction of sp³-hybridized carbons (Fsp3) is 0. The van der Waals surface area contributed by atoms with Crippen molar-refractivity contribution in [3.8, 4) is 10.7 Å². The Morgan fingerprint density at radius 2 is 2.27 bits per heavy atom. The maximum absolute atomic E-state index is 6.02. The van der Waals surface area contributed by atoms with Crippen molar-refractivity contribution in [2.24, 2.45) is 0 Å². The second kappa shape index (κ2) is 3.29. The number of hydrogen-bond donors (Lipinski definition) is 1. The minimum absolute atomic E-state index is 0.646. The number of benzene rings is 1. The van der Waals surface area contributed by atoms with E-state index in [1.54, 1.807) is 6.20 Å². The average Bonchev–Trinajstić information content (AvgIpc) is 2.86. The van der Waals surface area contributed by atoms with Gasteiger partial charge in [-0.3, -0.25) is 0 Å². The van der Waals surface area contributed by atoms with Crippen molar-refractivity contribution in [2.45, 2.75) is 0 Å². The Labute approximate surface area is 94.1 Å². The fourth-order valence-corrected chi connectivity index (χ4v) is 2.06. The number of para-hydroxylation sites is 1. The molecule has 0 atom stereocenters. The van der Waals surface area contributed by atoms with Gasteiger partial charge in [-0.2, -0.15) is 0 Å². The molecule has 0 amide bonds. The summed E-state index contributed by atoms with van der Waals surface area (Å²) < 4.78 is 3.79. The molecule has 1 N–H and O–H groups in total. The fourth-order valence-electron chi connectivity index (χ4n) is 1.39. The zero-order valence-electron chi connectivity index (χ0n) is 7.44. The molecule has 6 heteroatoms. The van der Waals surface area contributed by atoms with Crippen molar-refractivity contribution in [1.29, 1.82) is 0 Å². The molecule has 15 heavy (non-hydrogen) atoms. The molecule has 0 aliphatic heterocycles. The van der Waals surface area contributed by atoms with Crippen molar-refractivity contribution >= 4 is 34.2 Å². The Morgan fingerprint density at radius 3 is 3.00 bits per heavy atom. The van der Waals surface area contributed by atoms with Crippen LogP contribution in [0.5, 0.6) is 0 Å². The number of fused-ring (bicyclic) bond motifs is 1. The summed E-state index contributed by atoms with van der Waals surface area (Å²) in [4.78, 5) is 8.48. The van der Waals surface area contributed by atoms with Crippen molar-refractivity contribution in [1.82, 2.24) is 19.6 Å². The van der Waals surface area contributed by atoms with Crippen LogP contribution in [0.15, 0.2) is 24.4 Å². The molecule has 3 rings (SSSR count). The Balaban J connectivity index is 2.27. The van der Waals surface area contributed by atoms with Gasteiger partial charge in [0.15, 0.2) is 5.82 Å². The van der Waals surface area contributed by atoms with Crippen LogP contribution in [0.25, 0.3) is 21.7 Å². The summed E-state index contributed by atoms with van der Waals surface area (Å²) in [6, 6.07) is 5.64. The first-order valence-corrected chi connectivity index (χ1v) is 5.42. The standard InChI is InChI=1S/C9H5ClN4S/c10-5-2-1-3-6-8(5)13-9(12-6)7-4-11-14-15-7/h1-4H,(H,12,13). The molecule has 0 saturated carbocycles. The summed E-state index contributed by atoms with van der Waals surface area (Å²) in [5, 5.41) is 4.41. The van der Waals surface area contributed by atoms with Crippen LogP contribution in [-0.4, -0.2) is 19.6 Å². The quantitative estimate of drug-likeness (QED) is 0.707.